The van der Waals surface area contributed by atoms with Crippen molar-refractivity contribution < 1.29 is 22.5 Å². The van der Waals surface area contributed by atoms with Crippen LogP contribution in [0.4, 0.5) is 5.88 Å². The van der Waals surface area contributed by atoms with Gasteiger partial charge in [-0.3, -0.25) is 4.79 Å². The van der Waals surface area contributed by atoms with Crippen LogP contribution in [-0.2, 0) is 32.7 Å². The SMILES string of the molecule is COCc1cc(CN[C@H](C(=O)N(C)C)C(C)C)ccc1-c1ccccc1S(=O)(=O)Nc1onc(C)c1C. The van der Waals surface area contributed by atoms with Crippen molar-refractivity contribution in [2.24, 2.45) is 5.92 Å². The molecular formula is C27H36N4O5S. The number of sulfonamides is 1. The lowest BCUT2D eigenvalue weighted by atomic mass is 9.97. The van der Waals surface area contributed by atoms with E-state index in [2.05, 4.69) is 15.2 Å². The molecule has 0 fully saturated rings. The van der Waals surface area contributed by atoms with Gasteiger partial charge in [-0.2, -0.15) is 0 Å². The van der Waals surface area contributed by atoms with Crippen LogP contribution in [0.15, 0.2) is 51.9 Å². The van der Waals surface area contributed by atoms with Crippen molar-refractivity contribution in [3.05, 3.63) is 64.8 Å². The zero-order chi connectivity index (χ0) is 27.3. The highest BCUT2D eigenvalue weighted by molar-refractivity contribution is 7.92. The Morgan fingerprint density at radius 2 is 1.81 bits per heavy atom. The van der Waals surface area contributed by atoms with Crippen molar-refractivity contribution in [3.63, 3.8) is 0 Å². The van der Waals surface area contributed by atoms with Gasteiger partial charge in [-0.25, -0.2) is 13.1 Å². The number of benzene rings is 2. The van der Waals surface area contributed by atoms with Gasteiger partial charge in [0, 0.05) is 38.9 Å². The maximum atomic E-state index is 13.4. The Morgan fingerprint density at radius 1 is 1.11 bits per heavy atom. The summed E-state index contributed by atoms with van der Waals surface area (Å²) in [5.74, 6) is 0.236. The molecule has 0 bridgehead atoms. The normalized spacial score (nSPS) is 12.5. The van der Waals surface area contributed by atoms with Gasteiger partial charge in [0.2, 0.25) is 11.8 Å². The Balaban J connectivity index is 1.96. The number of amides is 1. The van der Waals surface area contributed by atoms with Gasteiger partial charge in [0.15, 0.2) is 0 Å². The summed E-state index contributed by atoms with van der Waals surface area (Å²) in [6.45, 7) is 8.27. The number of rotatable bonds is 11. The second kappa shape index (κ2) is 11.9. The zero-order valence-corrected chi connectivity index (χ0v) is 23.3. The van der Waals surface area contributed by atoms with E-state index in [-0.39, 0.29) is 35.3 Å². The van der Waals surface area contributed by atoms with Gasteiger partial charge in [-0.1, -0.05) is 55.4 Å². The van der Waals surface area contributed by atoms with Crippen LogP contribution in [0.1, 0.15) is 36.2 Å². The highest BCUT2D eigenvalue weighted by Gasteiger charge is 2.25. The maximum absolute atomic E-state index is 13.4. The molecule has 3 aromatic rings. The molecule has 1 atom stereocenters. The molecule has 1 amide bonds. The lowest BCUT2D eigenvalue weighted by Crippen LogP contribution is -2.46. The van der Waals surface area contributed by atoms with E-state index in [1.165, 1.54) is 0 Å². The number of aromatic nitrogens is 1. The highest BCUT2D eigenvalue weighted by atomic mass is 32.2. The Morgan fingerprint density at radius 3 is 2.41 bits per heavy atom. The fourth-order valence-electron chi connectivity index (χ4n) is 4.02. The van der Waals surface area contributed by atoms with E-state index in [0.717, 1.165) is 16.7 Å². The standard InChI is InChI=1S/C27H36N4O5S/c1-17(2)25(27(32)31(5)6)28-15-20-12-13-22(21(14-20)16-35-7)23-10-8-9-11-24(23)37(33,34)30-26-18(3)19(4)29-36-26/h8-14,17,25,28,30H,15-16H2,1-7H3/t25-/m0/s1. The lowest BCUT2D eigenvalue weighted by Gasteiger charge is -2.25. The van der Waals surface area contributed by atoms with E-state index in [0.29, 0.717) is 23.4 Å². The minimum atomic E-state index is -3.97. The van der Waals surface area contributed by atoms with E-state index in [4.69, 9.17) is 9.26 Å². The predicted octanol–water partition coefficient (Wildman–Crippen LogP) is 4.11. The van der Waals surface area contributed by atoms with Gasteiger partial charge in [0.1, 0.15) is 0 Å². The number of carbonyl (C=O) groups is 1. The first-order valence-corrected chi connectivity index (χ1v) is 13.5. The summed E-state index contributed by atoms with van der Waals surface area (Å²) in [6, 6.07) is 12.3. The van der Waals surface area contributed by atoms with E-state index in [9.17, 15) is 13.2 Å². The van der Waals surface area contributed by atoms with E-state index >= 15 is 0 Å². The van der Waals surface area contributed by atoms with Crippen molar-refractivity contribution >= 4 is 21.8 Å². The number of nitrogens with zero attached hydrogens (tertiary/aromatic N) is 2. The molecule has 0 aliphatic heterocycles. The molecule has 2 N–H and O–H groups in total. The molecule has 0 aliphatic rings. The van der Waals surface area contributed by atoms with Crippen LogP contribution in [0.3, 0.4) is 0 Å². The van der Waals surface area contributed by atoms with Crippen LogP contribution in [0.5, 0.6) is 0 Å². The van der Waals surface area contributed by atoms with Crippen LogP contribution in [-0.4, -0.2) is 51.6 Å². The summed E-state index contributed by atoms with van der Waals surface area (Å²) >= 11 is 0. The number of nitrogens with one attached hydrogen (secondary N) is 2. The molecule has 37 heavy (non-hydrogen) atoms. The summed E-state index contributed by atoms with van der Waals surface area (Å²) < 4.78 is 39.9. The van der Waals surface area contributed by atoms with Gasteiger partial charge >= 0.3 is 0 Å². The van der Waals surface area contributed by atoms with Gasteiger partial charge in [-0.15, -0.1) is 0 Å². The topological polar surface area (TPSA) is 114 Å². The van der Waals surface area contributed by atoms with Gasteiger partial charge < -0.3 is 19.5 Å². The first-order valence-electron chi connectivity index (χ1n) is 12.1. The molecular weight excluding hydrogens is 492 g/mol. The summed E-state index contributed by atoms with van der Waals surface area (Å²) in [6.07, 6.45) is 0. The van der Waals surface area contributed by atoms with Crippen LogP contribution in [0.2, 0.25) is 0 Å². The molecule has 2 aromatic carbocycles. The fourth-order valence-corrected chi connectivity index (χ4v) is 5.29. The molecule has 3 rings (SSSR count). The third-order valence-electron chi connectivity index (χ3n) is 6.22. The smallest absolute Gasteiger partial charge is 0.264 e. The second-order valence-electron chi connectivity index (χ2n) is 9.58. The van der Waals surface area contributed by atoms with Crippen LogP contribution in [0, 0.1) is 19.8 Å². The van der Waals surface area contributed by atoms with E-state index in [1.54, 1.807) is 64.2 Å². The van der Waals surface area contributed by atoms with Crippen molar-refractivity contribution in [1.29, 1.82) is 0 Å². The minimum Gasteiger partial charge on any atom is -0.380 e. The molecule has 10 heteroatoms. The number of aryl methyl sites for hydroxylation is 1. The summed E-state index contributed by atoms with van der Waals surface area (Å²) in [5, 5.41) is 7.20. The molecule has 0 aliphatic carbocycles. The summed E-state index contributed by atoms with van der Waals surface area (Å²) in [7, 11) is 1.12. The Bertz CT molecular complexity index is 1350. The quantitative estimate of drug-likeness (QED) is 0.385. The number of anilines is 1. The lowest BCUT2D eigenvalue weighted by molar-refractivity contribution is -0.132. The van der Waals surface area contributed by atoms with Crippen LogP contribution >= 0.6 is 0 Å². The first kappa shape index (κ1) is 28.4. The third-order valence-corrected chi connectivity index (χ3v) is 7.61. The highest BCUT2D eigenvalue weighted by Crippen LogP contribution is 2.33. The number of methoxy groups -OCH3 is 1. The third kappa shape index (κ3) is 6.57. The maximum Gasteiger partial charge on any atom is 0.264 e. The van der Waals surface area contributed by atoms with Crippen molar-refractivity contribution in [2.75, 3.05) is 25.9 Å². The molecule has 9 nitrogen and oxygen atoms in total. The molecule has 1 heterocycles. The molecule has 0 saturated heterocycles. The van der Waals surface area contributed by atoms with Gasteiger partial charge in [0.25, 0.3) is 10.0 Å². The predicted molar refractivity (Wildman–Crippen MR) is 144 cm³/mol. The average Bonchev–Trinajstić information content (AvgIpc) is 3.16. The van der Waals surface area contributed by atoms with E-state index in [1.807, 2.05) is 32.0 Å². The van der Waals surface area contributed by atoms with E-state index < -0.39 is 10.0 Å². The van der Waals surface area contributed by atoms with Gasteiger partial charge in [0.05, 0.1) is 23.2 Å². The van der Waals surface area contributed by atoms with Crippen LogP contribution in [0.25, 0.3) is 11.1 Å². The van der Waals surface area contributed by atoms with Crippen molar-refractivity contribution in [1.82, 2.24) is 15.4 Å². The number of hydrogen-bond acceptors (Lipinski definition) is 7. The summed E-state index contributed by atoms with van der Waals surface area (Å²) in [4.78, 5) is 14.3. The fraction of sp³-hybridized carbons (Fsp3) is 0.407. The molecule has 200 valence electrons. The molecule has 0 saturated carbocycles. The number of ether oxygens (including phenoxy) is 1. The van der Waals surface area contributed by atoms with Crippen molar-refractivity contribution in [2.45, 2.75) is 51.8 Å². The van der Waals surface area contributed by atoms with Crippen molar-refractivity contribution in [3.8, 4) is 11.1 Å². The summed E-state index contributed by atoms with van der Waals surface area (Å²) in [5.41, 5.74) is 4.31. The molecule has 0 unspecified atom stereocenters. The molecule has 0 radical (unpaired) electrons. The average molecular weight is 529 g/mol. The first-order chi connectivity index (χ1) is 17.5. The Kier molecular flexibility index (Phi) is 9.12. The molecule has 0 spiro atoms. The monoisotopic (exact) mass is 528 g/mol. The minimum absolute atomic E-state index is 0.0209. The zero-order valence-electron chi connectivity index (χ0n) is 22.5. The number of hydrogen-bond donors (Lipinski definition) is 2. The van der Waals surface area contributed by atoms with Crippen LogP contribution < -0.4 is 10.0 Å². The Hall–Kier alpha value is -3.21. The Labute approximate surface area is 219 Å². The largest absolute Gasteiger partial charge is 0.380 e. The second-order valence-corrected chi connectivity index (χ2v) is 11.2. The van der Waals surface area contributed by atoms with Gasteiger partial charge in [-0.05, 0) is 42.5 Å². The molecule has 1 aromatic heterocycles. The number of likely N-dealkylation sites (N-methyl/N-ethyl adjacent to an activating group) is 1. The number of carbonyl (C=O) groups excluding carboxylic acids is 1.